The fourth-order valence-electron chi connectivity index (χ4n) is 1.56. The van der Waals surface area contributed by atoms with Gasteiger partial charge in [0, 0.05) is 12.8 Å². The van der Waals surface area contributed by atoms with Crippen molar-refractivity contribution in [2.45, 2.75) is 83.6 Å². The Hall–Kier alpha value is -0.346. The normalized spacial score (nSPS) is 15.9. The summed E-state index contributed by atoms with van der Waals surface area (Å²) >= 11 is 0. The van der Waals surface area contributed by atoms with Gasteiger partial charge in [0.1, 0.15) is 8.07 Å². The molecule has 0 spiro atoms. The first-order valence-electron chi connectivity index (χ1n) is 7.77. The summed E-state index contributed by atoms with van der Waals surface area (Å²) in [6.07, 6.45) is 2.32. The van der Waals surface area contributed by atoms with Crippen molar-refractivity contribution < 1.29 is 9.53 Å². The van der Waals surface area contributed by atoms with Crippen LogP contribution in [0.3, 0.4) is 0 Å². The molecule has 0 aromatic carbocycles. The van der Waals surface area contributed by atoms with Gasteiger partial charge in [-0.3, -0.25) is 0 Å². The number of aliphatic hydroxyl groups excluding tert-OH is 1. The van der Waals surface area contributed by atoms with Crippen molar-refractivity contribution in [1.82, 2.24) is 0 Å². The highest BCUT2D eigenvalue weighted by Crippen LogP contribution is 2.38. The van der Waals surface area contributed by atoms with Crippen LogP contribution in [0.1, 0.15) is 33.6 Å². The largest absolute Gasteiger partial charge is 0.413 e. The Bertz CT molecular complexity index is 392. The molecule has 0 aliphatic carbocycles. The maximum atomic E-state index is 9.87. The summed E-state index contributed by atoms with van der Waals surface area (Å²) in [5, 5.41) is 10.0. The van der Waals surface area contributed by atoms with Crippen molar-refractivity contribution in [3.05, 3.63) is 12.7 Å². The number of hydrogen-bond acceptors (Lipinski definition) is 2. The Morgan fingerprint density at radius 2 is 1.71 bits per heavy atom. The molecule has 4 heteroatoms. The van der Waals surface area contributed by atoms with Crippen LogP contribution in [0.2, 0.25) is 37.8 Å². The fraction of sp³-hybridized carbons (Fsp3) is 0.765. The van der Waals surface area contributed by atoms with Crippen molar-refractivity contribution in [3.8, 4) is 11.5 Å². The smallest absolute Gasteiger partial charge is 0.192 e. The zero-order chi connectivity index (χ0) is 16.9. The topological polar surface area (TPSA) is 29.5 Å². The first-order chi connectivity index (χ1) is 9.28. The van der Waals surface area contributed by atoms with Crippen molar-refractivity contribution in [1.29, 1.82) is 0 Å². The molecule has 0 aromatic rings. The van der Waals surface area contributed by atoms with Crippen LogP contribution < -0.4 is 0 Å². The minimum absolute atomic E-state index is 0.0114. The Morgan fingerprint density at radius 1 is 1.19 bits per heavy atom. The second-order valence-corrected chi connectivity index (χ2v) is 17.8. The van der Waals surface area contributed by atoms with Gasteiger partial charge in [-0.15, -0.1) is 18.0 Å². The SMILES string of the molecule is C=C[C@@H](O)C[C@H](CC#C[Si](C)(C)C)O[Si](C)(C)C(C)(C)C. The quantitative estimate of drug-likeness (QED) is 0.439. The molecule has 0 unspecified atom stereocenters. The van der Waals surface area contributed by atoms with E-state index in [0.29, 0.717) is 12.8 Å². The van der Waals surface area contributed by atoms with E-state index in [-0.39, 0.29) is 11.1 Å². The van der Waals surface area contributed by atoms with Crippen LogP contribution in [0.4, 0.5) is 0 Å². The lowest BCUT2D eigenvalue weighted by molar-refractivity contribution is 0.113. The molecule has 0 saturated carbocycles. The van der Waals surface area contributed by atoms with Crippen LogP contribution in [0.25, 0.3) is 0 Å². The molecule has 1 N–H and O–H groups in total. The standard InChI is InChI=1S/C17H34O2Si2/c1-10-15(18)14-16(12-11-13-20(5,6)7)19-21(8,9)17(2,3)4/h10,15-16,18H,1,12,14H2,2-9H3/t15-,16+/m1/s1. The van der Waals surface area contributed by atoms with Gasteiger partial charge in [0.05, 0.1) is 12.2 Å². The second kappa shape index (κ2) is 7.78. The Balaban J connectivity index is 4.98. The van der Waals surface area contributed by atoms with E-state index in [4.69, 9.17) is 4.43 Å². The van der Waals surface area contributed by atoms with Crippen LogP contribution in [0.5, 0.6) is 0 Å². The summed E-state index contributed by atoms with van der Waals surface area (Å²) in [7, 11) is -3.20. The summed E-state index contributed by atoms with van der Waals surface area (Å²) < 4.78 is 6.43. The summed E-state index contributed by atoms with van der Waals surface area (Å²) in [5.41, 5.74) is 3.38. The van der Waals surface area contributed by atoms with Gasteiger partial charge in [0.25, 0.3) is 0 Å². The molecule has 0 fully saturated rings. The van der Waals surface area contributed by atoms with Crippen LogP contribution in [0, 0.1) is 11.5 Å². The van der Waals surface area contributed by atoms with E-state index in [2.05, 4.69) is 71.5 Å². The molecule has 0 heterocycles. The molecule has 0 saturated heterocycles. The van der Waals surface area contributed by atoms with E-state index < -0.39 is 22.5 Å². The second-order valence-electron chi connectivity index (χ2n) is 8.29. The lowest BCUT2D eigenvalue weighted by Gasteiger charge is -2.39. The zero-order valence-corrected chi connectivity index (χ0v) is 17.2. The van der Waals surface area contributed by atoms with Crippen LogP contribution >= 0.6 is 0 Å². The highest BCUT2D eigenvalue weighted by Gasteiger charge is 2.39. The van der Waals surface area contributed by atoms with Crippen LogP contribution in [-0.4, -0.2) is 33.7 Å². The monoisotopic (exact) mass is 326 g/mol. The lowest BCUT2D eigenvalue weighted by atomic mass is 10.1. The van der Waals surface area contributed by atoms with Crippen LogP contribution in [0.15, 0.2) is 12.7 Å². The zero-order valence-electron chi connectivity index (χ0n) is 15.2. The van der Waals surface area contributed by atoms with Gasteiger partial charge in [0.15, 0.2) is 8.32 Å². The molecule has 0 aliphatic rings. The van der Waals surface area contributed by atoms with E-state index in [1.165, 1.54) is 0 Å². The molecule has 21 heavy (non-hydrogen) atoms. The van der Waals surface area contributed by atoms with E-state index in [1.54, 1.807) is 6.08 Å². The molecule has 0 radical (unpaired) electrons. The number of rotatable bonds is 6. The van der Waals surface area contributed by atoms with Gasteiger partial charge in [-0.2, -0.15) is 0 Å². The third kappa shape index (κ3) is 8.62. The van der Waals surface area contributed by atoms with Crippen molar-refractivity contribution >= 4 is 16.4 Å². The predicted molar refractivity (Wildman–Crippen MR) is 98.6 cm³/mol. The number of hydrogen-bond donors (Lipinski definition) is 1. The van der Waals surface area contributed by atoms with Crippen molar-refractivity contribution in [2.75, 3.05) is 0 Å². The highest BCUT2D eigenvalue weighted by atomic mass is 28.4. The molecule has 2 atom stereocenters. The molecule has 2 nitrogen and oxygen atoms in total. The Labute approximate surface area is 134 Å². The predicted octanol–water partition coefficient (Wildman–Crippen LogP) is 4.58. The van der Waals surface area contributed by atoms with Gasteiger partial charge in [0.2, 0.25) is 0 Å². The average molecular weight is 327 g/mol. The summed E-state index contributed by atoms with van der Waals surface area (Å²) in [4.78, 5) is 0. The molecular formula is C17H34O2Si2. The maximum Gasteiger partial charge on any atom is 0.192 e. The molecule has 0 bridgehead atoms. The summed E-state index contributed by atoms with van der Waals surface area (Å²) in [6.45, 7) is 21.5. The van der Waals surface area contributed by atoms with Crippen LogP contribution in [-0.2, 0) is 4.43 Å². The maximum absolute atomic E-state index is 9.87. The fourth-order valence-corrected chi connectivity index (χ4v) is 3.56. The van der Waals surface area contributed by atoms with Gasteiger partial charge in [-0.25, -0.2) is 0 Å². The van der Waals surface area contributed by atoms with E-state index in [1.807, 2.05) is 0 Å². The van der Waals surface area contributed by atoms with E-state index in [0.717, 1.165) is 0 Å². The Morgan fingerprint density at radius 3 is 2.10 bits per heavy atom. The third-order valence-electron chi connectivity index (χ3n) is 3.84. The minimum atomic E-state index is -1.85. The van der Waals surface area contributed by atoms with Gasteiger partial charge in [-0.05, 0) is 18.1 Å². The summed E-state index contributed by atoms with van der Waals surface area (Å²) in [5.74, 6) is 3.29. The first kappa shape index (κ1) is 20.7. The summed E-state index contributed by atoms with van der Waals surface area (Å²) in [6, 6.07) is 0. The van der Waals surface area contributed by atoms with Crippen molar-refractivity contribution in [3.63, 3.8) is 0 Å². The van der Waals surface area contributed by atoms with Gasteiger partial charge in [-0.1, -0.05) is 46.5 Å². The minimum Gasteiger partial charge on any atom is -0.413 e. The number of aliphatic hydroxyl groups is 1. The highest BCUT2D eigenvalue weighted by molar-refractivity contribution is 6.83. The molecule has 0 aliphatic heterocycles. The molecule has 0 aromatic heterocycles. The molecule has 0 amide bonds. The van der Waals surface area contributed by atoms with Gasteiger partial charge < -0.3 is 9.53 Å². The van der Waals surface area contributed by atoms with Gasteiger partial charge >= 0.3 is 0 Å². The van der Waals surface area contributed by atoms with E-state index in [9.17, 15) is 5.11 Å². The van der Waals surface area contributed by atoms with E-state index >= 15 is 0 Å². The molecule has 0 rings (SSSR count). The molecule has 122 valence electrons. The average Bonchev–Trinajstić information content (AvgIpc) is 2.24. The first-order valence-corrected chi connectivity index (χ1v) is 14.2. The van der Waals surface area contributed by atoms with Crippen molar-refractivity contribution in [2.24, 2.45) is 0 Å². The lowest BCUT2D eigenvalue weighted by Crippen LogP contribution is -2.44. The Kier molecular flexibility index (Phi) is 7.65. The molecular weight excluding hydrogens is 292 g/mol. The third-order valence-corrected chi connectivity index (χ3v) is 9.30.